The average molecular weight is 412 g/mol. The van der Waals surface area contributed by atoms with Crippen LogP contribution in [0.15, 0.2) is 97.1 Å². The number of ether oxygens (including phenoxy) is 3. The number of phenols is 1. The van der Waals surface area contributed by atoms with E-state index in [4.69, 9.17) is 14.2 Å². The standard InChI is InChI=1S/C27H24O4/c1-29-24-14-23(15-25(17-24)30-18-20-8-4-2-5-9-20)22-12-13-26(28)27(16-22)31-19-21-10-6-3-7-11-21/h2-17,28H,18-19H2,1H3. The molecule has 4 aromatic carbocycles. The zero-order valence-corrected chi connectivity index (χ0v) is 17.3. The number of rotatable bonds is 8. The normalized spacial score (nSPS) is 10.5. The maximum atomic E-state index is 10.3. The molecule has 0 saturated heterocycles. The van der Waals surface area contributed by atoms with Gasteiger partial charge >= 0.3 is 0 Å². The maximum absolute atomic E-state index is 10.3. The van der Waals surface area contributed by atoms with E-state index in [2.05, 4.69) is 0 Å². The van der Waals surface area contributed by atoms with Gasteiger partial charge in [0.15, 0.2) is 11.5 Å². The zero-order chi connectivity index (χ0) is 21.5. The first kappa shape index (κ1) is 20.4. The van der Waals surface area contributed by atoms with Crippen molar-refractivity contribution in [3.8, 4) is 34.1 Å². The Balaban J connectivity index is 1.56. The smallest absolute Gasteiger partial charge is 0.162 e. The van der Waals surface area contributed by atoms with Crippen LogP contribution >= 0.6 is 0 Å². The first-order chi connectivity index (χ1) is 15.2. The summed E-state index contributed by atoms with van der Waals surface area (Å²) in [5.41, 5.74) is 3.93. The van der Waals surface area contributed by atoms with Gasteiger partial charge in [0.25, 0.3) is 0 Å². The van der Waals surface area contributed by atoms with Crippen molar-refractivity contribution in [1.29, 1.82) is 0 Å². The molecular weight excluding hydrogens is 388 g/mol. The van der Waals surface area contributed by atoms with Gasteiger partial charge in [-0.25, -0.2) is 0 Å². The molecule has 31 heavy (non-hydrogen) atoms. The highest BCUT2D eigenvalue weighted by molar-refractivity contribution is 5.70. The van der Waals surface area contributed by atoms with Crippen LogP contribution < -0.4 is 14.2 Å². The van der Waals surface area contributed by atoms with Crippen molar-refractivity contribution >= 4 is 0 Å². The molecule has 0 aliphatic heterocycles. The van der Waals surface area contributed by atoms with Gasteiger partial charge in [-0.15, -0.1) is 0 Å². The molecule has 0 aromatic heterocycles. The van der Waals surface area contributed by atoms with Gasteiger partial charge in [-0.1, -0.05) is 66.7 Å². The molecule has 4 heteroatoms. The zero-order valence-electron chi connectivity index (χ0n) is 17.3. The van der Waals surface area contributed by atoms with Gasteiger partial charge in [0.05, 0.1) is 7.11 Å². The van der Waals surface area contributed by atoms with Crippen LogP contribution in [0.5, 0.6) is 23.0 Å². The van der Waals surface area contributed by atoms with E-state index in [-0.39, 0.29) is 5.75 Å². The van der Waals surface area contributed by atoms with E-state index in [0.717, 1.165) is 22.3 Å². The molecule has 156 valence electrons. The van der Waals surface area contributed by atoms with Crippen molar-refractivity contribution in [2.24, 2.45) is 0 Å². The van der Waals surface area contributed by atoms with Crippen molar-refractivity contribution in [1.82, 2.24) is 0 Å². The first-order valence-electron chi connectivity index (χ1n) is 10.1. The van der Waals surface area contributed by atoms with Crippen LogP contribution in [0, 0.1) is 0 Å². The third-order valence-corrected chi connectivity index (χ3v) is 4.89. The molecule has 0 amide bonds. The fourth-order valence-corrected chi connectivity index (χ4v) is 3.23. The predicted molar refractivity (Wildman–Crippen MR) is 122 cm³/mol. The van der Waals surface area contributed by atoms with Gasteiger partial charge in [-0.2, -0.15) is 0 Å². The topological polar surface area (TPSA) is 47.9 Å². The van der Waals surface area contributed by atoms with Crippen molar-refractivity contribution in [2.45, 2.75) is 13.2 Å². The fraction of sp³-hybridized carbons (Fsp3) is 0.111. The number of benzene rings is 4. The van der Waals surface area contributed by atoms with Crippen molar-refractivity contribution in [2.75, 3.05) is 7.11 Å². The van der Waals surface area contributed by atoms with Gasteiger partial charge in [0.1, 0.15) is 24.7 Å². The molecule has 0 fully saturated rings. The molecule has 0 bridgehead atoms. The predicted octanol–water partition coefficient (Wildman–Crippen LogP) is 6.23. The SMILES string of the molecule is COc1cc(OCc2ccccc2)cc(-c2ccc(O)c(OCc3ccccc3)c2)c1. The van der Waals surface area contributed by atoms with Crippen LogP contribution in [-0.2, 0) is 13.2 Å². The van der Waals surface area contributed by atoms with Crippen LogP contribution in [0.3, 0.4) is 0 Å². The second-order valence-electron chi connectivity index (χ2n) is 7.13. The monoisotopic (exact) mass is 412 g/mol. The molecule has 0 radical (unpaired) electrons. The molecule has 0 heterocycles. The summed E-state index contributed by atoms with van der Waals surface area (Å²) in [4.78, 5) is 0. The van der Waals surface area contributed by atoms with Crippen LogP contribution in [0.4, 0.5) is 0 Å². The molecular formula is C27H24O4. The summed E-state index contributed by atoms with van der Waals surface area (Å²) in [5, 5.41) is 10.3. The second-order valence-corrected chi connectivity index (χ2v) is 7.13. The van der Waals surface area contributed by atoms with E-state index < -0.39 is 0 Å². The Bertz CT molecular complexity index is 1120. The third kappa shape index (κ3) is 5.37. The van der Waals surface area contributed by atoms with Crippen LogP contribution in [0.25, 0.3) is 11.1 Å². The minimum Gasteiger partial charge on any atom is -0.504 e. The molecule has 1 N–H and O–H groups in total. The molecule has 4 aromatic rings. The Morgan fingerprint density at radius 1 is 0.613 bits per heavy atom. The highest BCUT2D eigenvalue weighted by Gasteiger charge is 2.10. The second kappa shape index (κ2) is 9.72. The highest BCUT2D eigenvalue weighted by Crippen LogP contribution is 2.35. The third-order valence-electron chi connectivity index (χ3n) is 4.89. The number of hydrogen-bond donors (Lipinski definition) is 1. The Kier molecular flexibility index (Phi) is 6.38. The summed E-state index contributed by atoms with van der Waals surface area (Å²) in [7, 11) is 1.63. The minimum absolute atomic E-state index is 0.100. The lowest BCUT2D eigenvalue weighted by Crippen LogP contribution is -1.97. The molecule has 0 atom stereocenters. The quantitative estimate of drug-likeness (QED) is 0.373. The summed E-state index contributed by atoms with van der Waals surface area (Å²) in [6.45, 7) is 0.843. The lowest BCUT2D eigenvalue weighted by Gasteiger charge is -2.13. The fourth-order valence-electron chi connectivity index (χ4n) is 3.23. The number of methoxy groups -OCH3 is 1. The molecule has 0 aliphatic rings. The lowest BCUT2D eigenvalue weighted by molar-refractivity contribution is 0.289. The molecule has 0 aliphatic carbocycles. The lowest BCUT2D eigenvalue weighted by atomic mass is 10.0. The maximum Gasteiger partial charge on any atom is 0.162 e. The summed E-state index contributed by atoms with van der Waals surface area (Å²) >= 11 is 0. The Morgan fingerprint density at radius 3 is 1.87 bits per heavy atom. The van der Waals surface area contributed by atoms with E-state index in [1.807, 2.05) is 91.0 Å². The van der Waals surface area contributed by atoms with Gasteiger partial charge in [0.2, 0.25) is 0 Å². The van der Waals surface area contributed by atoms with E-state index in [1.165, 1.54) is 0 Å². The first-order valence-corrected chi connectivity index (χ1v) is 10.1. The summed E-state index contributed by atoms with van der Waals surface area (Å²) in [6.07, 6.45) is 0. The molecule has 0 spiro atoms. The molecule has 4 rings (SSSR count). The summed E-state index contributed by atoms with van der Waals surface area (Å²) in [5.74, 6) is 1.93. The molecule has 0 saturated carbocycles. The average Bonchev–Trinajstić information content (AvgIpc) is 2.83. The van der Waals surface area contributed by atoms with Crippen LogP contribution in [-0.4, -0.2) is 12.2 Å². The van der Waals surface area contributed by atoms with Crippen molar-refractivity contribution in [3.63, 3.8) is 0 Å². The van der Waals surface area contributed by atoms with Crippen LogP contribution in [0.2, 0.25) is 0 Å². The Hall–Kier alpha value is -3.92. The largest absolute Gasteiger partial charge is 0.504 e. The van der Waals surface area contributed by atoms with Gasteiger partial charge in [-0.05, 0) is 46.5 Å². The molecule has 4 nitrogen and oxygen atoms in total. The van der Waals surface area contributed by atoms with Gasteiger partial charge < -0.3 is 19.3 Å². The highest BCUT2D eigenvalue weighted by atomic mass is 16.5. The Labute approximate surface area is 182 Å². The van der Waals surface area contributed by atoms with E-state index in [0.29, 0.717) is 30.5 Å². The van der Waals surface area contributed by atoms with E-state index in [1.54, 1.807) is 13.2 Å². The summed E-state index contributed by atoms with van der Waals surface area (Å²) < 4.78 is 17.3. The van der Waals surface area contributed by atoms with Gasteiger partial charge in [-0.3, -0.25) is 0 Å². The Morgan fingerprint density at radius 2 is 1.23 bits per heavy atom. The number of aromatic hydroxyl groups is 1. The summed E-state index contributed by atoms with van der Waals surface area (Å²) in [6, 6.07) is 30.9. The minimum atomic E-state index is 0.100. The van der Waals surface area contributed by atoms with Crippen molar-refractivity contribution in [3.05, 3.63) is 108 Å². The number of phenolic OH excluding ortho intramolecular Hbond substituents is 1. The van der Waals surface area contributed by atoms with E-state index in [9.17, 15) is 5.11 Å². The van der Waals surface area contributed by atoms with E-state index >= 15 is 0 Å². The number of hydrogen-bond acceptors (Lipinski definition) is 4. The van der Waals surface area contributed by atoms with Crippen molar-refractivity contribution < 1.29 is 19.3 Å². The van der Waals surface area contributed by atoms with Crippen LogP contribution in [0.1, 0.15) is 11.1 Å². The molecule has 0 unspecified atom stereocenters. The van der Waals surface area contributed by atoms with Gasteiger partial charge in [0, 0.05) is 6.07 Å².